The average Bonchev–Trinajstić information content (AvgIpc) is 3.14. The molecular formula is C23H21N5OS. The molecule has 0 bridgehead atoms. The van der Waals surface area contributed by atoms with Crippen LogP contribution in [0.5, 0.6) is 0 Å². The van der Waals surface area contributed by atoms with E-state index < -0.39 is 0 Å². The van der Waals surface area contributed by atoms with Crippen molar-refractivity contribution in [3.63, 3.8) is 0 Å². The van der Waals surface area contributed by atoms with Crippen molar-refractivity contribution >= 4 is 23.4 Å². The fourth-order valence-electron chi connectivity index (χ4n) is 2.98. The molecule has 0 saturated heterocycles. The van der Waals surface area contributed by atoms with E-state index in [0.29, 0.717) is 11.0 Å². The Balaban J connectivity index is 1.36. The molecule has 0 saturated carbocycles. The van der Waals surface area contributed by atoms with Crippen molar-refractivity contribution in [3.8, 4) is 22.5 Å². The van der Waals surface area contributed by atoms with Crippen molar-refractivity contribution in [2.45, 2.75) is 12.1 Å². The van der Waals surface area contributed by atoms with E-state index in [-0.39, 0.29) is 11.7 Å². The van der Waals surface area contributed by atoms with Crippen LogP contribution in [0.2, 0.25) is 0 Å². The van der Waals surface area contributed by atoms with Crippen LogP contribution in [0.3, 0.4) is 0 Å². The molecule has 30 heavy (non-hydrogen) atoms. The van der Waals surface area contributed by atoms with E-state index in [1.807, 2.05) is 73.7 Å². The summed E-state index contributed by atoms with van der Waals surface area (Å²) in [5.74, 6) is 6.74. The van der Waals surface area contributed by atoms with Gasteiger partial charge < -0.3 is 11.2 Å². The number of nitrogens with one attached hydrogen (secondary N) is 1. The summed E-state index contributed by atoms with van der Waals surface area (Å²) in [6.07, 6.45) is 0. The maximum Gasteiger partial charge on any atom is 0.234 e. The van der Waals surface area contributed by atoms with Crippen molar-refractivity contribution in [3.05, 3.63) is 84.4 Å². The van der Waals surface area contributed by atoms with Crippen LogP contribution in [0.15, 0.2) is 84.0 Å². The second-order valence-electron chi connectivity index (χ2n) is 6.82. The molecule has 0 fully saturated rings. The van der Waals surface area contributed by atoms with E-state index in [9.17, 15) is 4.79 Å². The fraction of sp³-hybridized carbons (Fsp3) is 0.0870. The molecule has 0 radical (unpaired) electrons. The average molecular weight is 416 g/mol. The number of aryl methyl sites for hydroxylation is 1. The highest BCUT2D eigenvalue weighted by Gasteiger charge is 2.14. The molecule has 7 heteroatoms. The predicted octanol–water partition coefficient (Wildman–Crippen LogP) is 4.37. The van der Waals surface area contributed by atoms with Crippen molar-refractivity contribution < 1.29 is 4.79 Å². The number of carbonyl (C=O) groups excluding carboxylic acids is 1. The number of anilines is 1. The molecule has 0 atom stereocenters. The van der Waals surface area contributed by atoms with Crippen molar-refractivity contribution in [2.24, 2.45) is 0 Å². The van der Waals surface area contributed by atoms with E-state index in [2.05, 4.69) is 27.6 Å². The Morgan fingerprint density at radius 2 is 1.53 bits per heavy atom. The number of aromatic nitrogens is 3. The first kappa shape index (κ1) is 19.7. The summed E-state index contributed by atoms with van der Waals surface area (Å²) in [5.41, 5.74) is 5.02. The number of nitrogen functional groups attached to an aromatic ring is 1. The minimum absolute atomic E-state index is 0.132. The Bertz CT molecular complexity index is 1140. The molecule has 1 amide bonds. The number of nitrogens with two attached hydrogens (primary N) is 1. The number of hydrogen-bond acceptors (Lipinski definition) is 5. The molecule has 0 aliphatic heterocycles. The van der Waals surface area contributed by atoms with Crippen molar-refractivity contribution in [2.75, 3.05) is 16.9 Å². The van der Waals surface area contributed by atoms with Gasteiger partial charge in [-0.05, 0) is 30.2 Å². The zero-order valence-electron chi connectivity index (χ0n) is 16.4. The van der Waals surface area contributed by atoms with Crippen LogP contribution in [-0.2, 0) is 4.79 Å². The van der Waals surface area contributed by atoms with Crippen molar-refractivity contribution in [1.82, 2.24) is 14.9 Å². The van der Waals surface area contributed by atoms with E-state index in [0.717, 1.165) is 27.9 Å². The van der Waals surface area contributed by atoms with Gasteiger partial charge in [0.1, 0.15) is 0 Å². The summed E-state index contributed by atoms with van der Waals surface area (Å²) in [5, 5.41) is 11.6. The molecule has 3 N–H and O–H groups in total. The molecule has 0 aliphatic rings. The molecule has 0 aliphatic carbocycles. The molecule has 1 heterocycles. The lowest BCUT2D eigenvalue weighted by Crippen LogP contribution is -2.16. The lowest BCUT2D eigenvalue weighted by atomic mass is 10.1. The zero-order valence-corrected chi connectivity index (χ0v) is 17.3. The highest BCUT2D eigenvalue weighted by molar-refractivity contribution is 7.99. The number of benzene rings is 3. The normalized spacial score (nSPS) is 10.7. The molecule has 4 aromatic rings. The number of amides is 1. The number of thioether (sulfide) groups is 1. The van der Waals surface area contributed by atoms with E-state index >= 15 is 0 Å². The van der Waals surface area contributed by atoms with Crippen LogP contribution >= 0.6 is 11.8 Å². The summed E-state index contributed by atoms with van der Waals surface area (Å²) >= 11 is 1.25. The molecule has 0 unspecified atom stereocenters. The van der Waals surface area contributed by atoms with Gasteiger partial charge in [0.15, 0.2) is 5.82 Å². The number of nitrogens with zero attached hydrogens (tertiary/aromatic N) is 3. The standard InChI is InChI=1S/C23H21N5OS/c1-16-7-9-19(10-8-16)22-26-27-23(28(22)24)30-15-21(29)25-20-13-11-18(12-14-20)17-5-3-2-4-6-17/h2-14H,15,24H2,1H3,(H,25,29). The van der Waals surface area contributed by atoms with E-state index in [1.54, 1.807) is 0 Å². The highest BCUT2D eigenvalue weighted by atomic mass is 32.2. The topological polar surface area (TPSA) is 85.8 Å². The summed E-state index contributed by atoms with van der Waals surface area (Å²) in [4.78, 5) is 12.3. The van der Waals surface area contributed by atoms with E-state index in [4.69, 9.17) is 5.84 Å². The minimum Gasteiger partial charge on any atom is -0.335 e. The molecule has 6 nitrogen and oxygen atoms in total. The SMILES string of the molecule is Cc1ccc(-c2nnc(SCC(=O)Nc3ccc(-c4ccccc4)cc3)n2N)cc1. The number of rotatable bonds is 6. The van der Waals surface area contributed by atoms with Gasteiger partial charge in [0, 0.05) is 11.3 Å². The lowest BCUT2D eigenvalue weighted by molar-refractivity contribution is -0.113. The fourth-order valence-corrected chi connectivity index (χ4v) is 3.64. The largest absolute Gasteiger partial charge is 0.335 e. The molecule has 4 rings (SSSR count). The molecule has 0 spiro atoms. The minimum atomic E-state index is -0.132. The Kier molecular flexibility index (Phi) is 5.81. The van der Waals surface area contributed by atoms with Crippen LogP contribution in [0.25, 0.3) is 22.5 Å². The van der Waals surface area contributed by atoms with Gasteiger partial charge in [-0.1, -0.05) is 84.1 Å². The summed E-state index contributed by atoms with van der Waals surface area (Å²) in [6.45, 7) is 2.02. The first-order valence-corrected chi connectivity index (χ1v) is 10.4. The molecule has 1 aromatic heterocycles. The quantitative estimate of drug-likeness (QED) is 0.361. The van der Waals surface area contributed by atoms with Gasteiger partial charge in [-0.15, -0.1) is 10.2 Å². The van der Waals surface area contributed by atoms with E-state index in [1.165, 1.54) is 16.4 Å². The highest BCUT2D eigenvalue weighted by Crippen LogP contribution is 2.23. The molecular weight excluding hydrogens is 394 g/mol. The van der Waals surface area contributed by atoms with Gasteiger partial charge in [-0.2, -0.15) is 0 Å². The van der Waals surface area contributed by atoms with Crippen LogP contribution in [-0.4, -0.2) is 26.5 Å². The van der Waals surface area contributed by atoms with Crippen molar-refractivity contribution in [1.29, 1.82) is 0 Å². The maximum atomic E-state index is 12.3. The maximum absolute atomic E-state index is 12.3. The first-order chi connectivity index (χ1) is 14.6. The second kappa shape index (κ2) is 8.84. The lowest BCUT2D eigenvalue weighted by Gasteiger charge is -2.07. The Morgan fingerprint density at radius 1 is 0.900 bits per heavy atom. The van der Waals surface area contributed by atoms with Crippen LogP contribution in [0.4, 0.5) is 5.69 Å². The van der Waals surface area contributed by atoms with Gasteiger partial charge in [-0.3, -0.25) is 4.79 Å². The number of hydrogen-bond donors (Lipinski definition) is 2. The third-order valence-corrected chi connectivity index (χ3v) is 5.53. The summed E-state index contributed by atoms with van der Waals surface area (Å²) in [6, 6.07) is 25.7. The van der Waals surface area contributed by atoms with Gasteiger partial charge >= 0.3 is 0 Å². The summed E-state index contributed by atoms with van der Waals surface area (Å²) in [7, 11) is 0. The van der Waals surface area contributed by atoms with Crippen LogP contribution < -0.4 is 11.2 Å². The van der Waals surface area contributed by atoms with Crippen LogP contribution in [0.1, 0.15) is 5.56 Å². The first-order valence-electron chi connectivity index (χ1n) is 9.46. The second-order valence-corrected chi connectivity index (χ2v) is 7.76. The number of carbonyl (C=O) groups is 1. The third-order valence-electron chi connectivity index (χ3n) is 4.58. The Labute approximate surface area is 179 Å². The van der Waals surface area contributed by atoms with Gasteiger partial charge in [-0.25, -0.2) is 4.68 Å². The smallest absolute Gasteiger partial charge is 0.234 e. The third kappa shape index (κ3) is 4.52. The summed E-state index contributed by atoms with van der Waals surface area (Å²) < 4.78 is 1.41. The molecule has 150 valence electrons. The Morgan fingerprint density at radius 3 is 2.23 bits per heavy atom. The van der Waals surface area contributed by atoms with Crippen LogP contribution in [0, 0.1) is 6.92 Å². The predicted molar refractivity (Wildman–Crippen MR) is 122 cm³/mol. The van der Waals surface area contributed by atoms with Gasteiger partial charge in [0.2, 0.25) is 11.1 Å². The Hall–Kier alpha value is -3.58. The van der Waals surface area contributed by atoms with Gasteiger partial charge in [0.25, 0.3) is 0 Å². The van der Waals surface area contributed by atoms with Gasteiger partial charge in [0.05, 0.1) is 5.75 Å². The monoisotopic (exact) mass is 415 g/mol. The molecule has 3 aromatic carbocycles. The zero-order chi connectivity index (χ0) is 20.9.